The van der Waals surface area contributed by atoms with Crippen LogP contribution in [0.25, 0.3) is 0 Å². The zero-order chi connectivity index (χ0) is 12.3. The molecule has 0 aromatic carbocycles. The van der Waals surface area contributed by atoms with E-state index in [1.165, 1.54) is 10.0 Å². The van der Waals surface area contributed by atoms with Gasteiger partial charge in [0.2, 0.25) is 5.91 Å². The first-order valence-electron chi connectivity index (χ1n) is 5.34. The molecule has 0 fully saturated rings. The molecule has 90 valence electrons. The third kappa shape index (κ3) is 2.98. The Morgan fingerprint density at radius 1 is 1.50 bits per heavy atom. The summed E-state index contributed by atoms with van der Waals surface area (Å²) in [6, 6.07) is 0. The summed E-state index contributed by atoms with van der Waals surface area (Å²) in [5, 5.41) is 2.59. The van der Waals surface area contributed by atoms with Crippen LogP contribution in [0.1, 0.15) is 34.1 Å². The van der Waals surface area contributed by atoms with Crippen molar-refractivity contribution in [2.24, 2.45) is 0 Å². The van der Waals surface area contributed by atoms with Gasteiger partial charge in [0.05, 0.1) is 0 Å². The van der Waals surface area contributed by atoms with Crippen molar-refractivity contribution in [2.45, 2.75) is 39.7 Å². The Balaban J connectivity index is 2.78. The highest BCUT2D eigenvalue weighted by atomic mass is 16.6. The van der Waals surface area contributed by atoms with E-state index < -0.39 is 11.7 Å². The average Bonchev–Trinajstić information content (AvgIpc) is 2.14. The molecule has 16 heavy (non-hydrogen) atoms. The first kappa shape index (κ1) is 12.5. The van der Waals surface area contributed by atoms with E-state index in [0.717, 1.165) is 0 Å². The summed E-state index contributed by atoms with van der Waals surface area (Å²) in [5.74, 6) is -0.101. The molecule has 0 aromatic heterocycles. The summed E-state index contributed by atoms with van der Waals surface area (Å²) < 4.78 is 5.20. The van der Waals surface area contributed by atoms with Crippen LogP contribution in [-0.2, 0) is 9.53 Å². The Labute approximate surface area is 95.6 Å². The number of carbonyl (C=O) groups excluding carboxylic acids is 2. The molecule has 0 bridgehead atoms. The molecule has 0 saturated heterocycles. The number of nitrogens with zero attached hydrogens (tertiary/aromatic N) is 2. The molecule has 5 nitrogen and oxygen atoms in total. The standard InChI is InChI=1S/C11H18N2O3/c1-5-12-9(14)7-6-8-13(12)10(15)16-11(2,3)4/h6,8H,5,7H2,1-4H3. The largest absolute Gasteiger partial charge is 0.442 e. The zero-order valence-corrected chi connectivity index (χ0v) is 10.2. The summed E-state index contributed by atoms with van der Waals surface area (Å²) in [7, 11) is 0. The van der Waals surface area contributed by atoms with Crippen LogP contribution in [0.5, 0.6) is 0 Å². The molecule has 2 amide bonds. The van der Waals surface area contributed by atoms with Crippen LogP contribution in [0.15, 0.2) is 12.3 Å². The number of hydrogen-bond donors (Lipinski definition) is 0. The number of carbonyl (C=O) groups is 2. The van der Waals surface area contributed by atoms with Gasteiger partial charge in [0.15, 0.2) is 0 Å². The number of hydrogen-bond acceptors (Lipinski definition) is 3. The van der Waals surface area contributed by atoms with Crippen molar-refractivity contribution in [1.82, 2.24) is 10.0 Å². The maximum atomic E-state index is 11.8. The van der Waals surface area contributed by atoms with Crippen LogP contribution in [-0.4, -0.2) is 34.2 Å². The lowest BCUT2D eigenvalue weighted by atomic mass is 10.2. The van der Waals surface area contributed by atoms with Gasteiger partial charge in [-0.2, -0.15) is 5.01 Å². The smallest absolute Gasteiger partial charge is 0.433 e. The van der Waals surface area contributed by atoms with Crippen LogP contribution >= 0.6 is 0 Å². The van der Waals surface area contributed by atoms with Gasteiger partial charge in [-0.3, -0.25) is 4.79 Å². The predicted octanol–water partition coefficient (Wildman–Crippen LogP) is 1.90. The van der Waals surface area contributed by atoms with Gasteiger partial charge in [-0.25, -0.2) is 9.80 Å². The maximum Gasteiger partial charge on any atom is 0.433 e. The van der Waals surface area contributed by atoms with Crippen molar-refractivity contribution in [2.75, 3.05) is 6.54 Å². The monoisotopic (exact) mass is 226 g/mol. The minimum absolute atomic E-state index is 0.101. The van der Waals surface area contributed by atoms with Crippen molar-refractivity contribution in [1.29, 1.82) is 0 Å². The summed E-state index contributed by atoms with van der Waals surface area (Å²) in [6.07, 6.45) is 3.02. The molecule has 5 heteroatoms. The minimum atomic E-state index is -0.565. The molecule has 1 aliphatic heterocycles. The second kappa shape index (κ2) is 4.55. The topological polar surface area (TPSA) is 49.9 Å². The van der Waals surface area contributed by atoms with Crippen LogP contribution < -0.4 is 0 Å². The fourth-order valence-corrected chi connectivity index (χ4v) is 1.36. The lowest BCUT2D eigenvalue weighted by Crippen LogP contribution is -2.49. The average molecular weight is 226 g/mol. The maximum absolute atomic E-state index is 11.8. The van der Waals surface area contributed by atoms with Gasteiger partial charge >= 0.3 is 6.09 Å². The summed E-state index contributed by atoms with van der Waals surface area (Å²) in [6.45, 7) is 7.63. The molecule has 0 atom stereocenters. The molecular formula is C11H18N2O3. The first-order valence-corrected chi connectivity index (χ1v) is 5.34. The quantitative estimate of drug-likeness (QED) is 0.686. The zero-order valence-electron chi connectivity index (χ0n) is 10.2. The second-order valence-electron chi connectivity index (χ2n) is 4.52. The van der Waals surface area contributed by atoms with E-state index in [0.29, 0.717) is 13.0 Å². The number of amides is 2. The minimum Gasteiger partial charge on any atom is -0.442 e. The van der Waals surface area contributed by atoms with Crippen molar-refractivity contribution in [3.05, 3.63) is 12.3 Å². The fourth-order valence-electron chi connectivity index (χ4n) is 1.36. The molecule has 1 rings (SSSR count). The summed E-state index contributed by atoms with van der Waals surface area (Å²) in [5.41, 5.74) is -0.565. The Hall–Kier alpha value is -1.52. The van der Waals surface area contributed by atoms with Crippen LogP contribution in [0.2, 0.25) is 0 Å². The molecule has 0 spiro atoms. The van der Waals surface area contributed by atoms with E-state index in [1.54, 1.807) is 33.0 Å². The normalized spacial score (nSPS) is 16.6. The number of hydrazine groups is 1. The molecule has 0 unspecified atom stereocenters. The van der Waals surface area contributed by atoms with E-state index in [9.17, 15) is 9.59 Å². The van der Waals surface area contributed by atoms with Gasteiger partial charge in [-0.15, -0.1) is 0 Å². The lowest BCUT2D eigenvalue weighted by Gasteiger charge is -2.34. The van der Waals surface area contributed by atoms with E-state index in [1.807, 2.05) is 6.92 Å². The van der Waals surface area contributed by atoms with Crippen molar-refractivity contribution >= 4 is 12.0 Å². The van der Waals surface area contributed by atoms with E-state index >= 15 is 0 Å². The highest BCUT2D eigenvalue weighted by Crippen LogP contribution is 2.15. The van der Waals surface area contributed by atoms with Crippen LogP contribution in [0, 0.1) is 0 Å². The van der Waals surface area contributed by atoms with Crippen LogP contribution in [0.3, 0.4) is 0 Å². The molecule has 0 N–H and O–H groups in total. The Morgan fingerprint density at radius 3 is 2.62 bits per heavy atom. The van der Waals surface area contributed by atoms with Gasteiger partial charge in [0.1, 0.15) is 5.60 Å². The Morgan fingerprint density at radius 2 is 2.12 bits per heavy atom. The third-order valence-electron chi connectivity index (χ3n) is 1.97. The molecule has 0 aliphatic carbocycles. The second-order valence-corrected chi connectivity index (χ2v) is 4.52. The molecule has 0 radical (unpaired) electrons. The number of rotatable bonds is 1. The first-order chi connectivity index (χ1) is 7.35. The van der Waals surface area contributed by atoms with Gasteiger partial charge in [-0.05, 0) is 27.7 Å². The van der Waals surface area contributed by atoms with Crippen molar-refractivity contribution < 1.29 is 14.3 Å². The molecule has 0 saturated carbocycles. The summed E-state index contributed by atoms with van der Waals surface area (Å²) in [4.78, 5) is 23.3. The lowest BCUT2D eigenvalue weighted by molar-refractivity contribution is -0.143. The Kier molecular flexibility index (Phi) is 3.57. The van der Waals surface area contributed by atoms with Crippen LogP contribution in [0.4, 0.5) is 4.79 Å². The highest BCUT2D eigenvalue weighted by Gasteiger charge is 2.29. The van der Waals surface area contributed by atoms with Gasteiger partial charge in [-0.1, -0.05) is 6.08 Å². The fraction of sp³-hybridized carbons (Fsp3) is 0.636. The van der Waals surface area contributed by atoms with Gasteiger partial charge in [0.25, 0.3) is 0 Å². The summed E-state index contributed by atoms with van der Waals surface area (Å²) >= 11 is 0. The Bertz CT molecular complexity index is 318. The third-order valence-corrected chi connectivity index (χ3v) is 1.97. The van der Waals surface area contributed by atoms with Crippen molar-refractivity contribution in [3.8, 4) is 0 Å². The van der Waals surface area contributed by atoms with Crippen molar-refractivity contribution in [3.63, 3.8) is 0 Å². The number of ether oxygens (including phenoxy) is 1. The molecule has 1 heterocycles. The molecule has 0 aromatic rings. The van der Waals surface area contributed by atoms with E-state index in [4.69, 9.17) is 4.74 Å². The molecule has 1 aliphatic rings. The van der Waals surface area contributed by atoms with E-state index in [-0.39, 0.29) is 5.91 Å². The van der Waals surface area contributed by atoms with E-state index in [2.05, 4.69) is 0 Å². The molecular weight excluding hydrogens is 208 g/mol. The van der Waals surface area contributed by atoms with Gasteiger partial charge in [0, 0.05) is 19.2 Å². The van der Waals surface area contributed by atoms with Gasteiger partial charge < -0.3 is 4.74 Å². The highest BCUT2D eigenvalue weighted by molar-refractivity contribution is 5.82. The predicted molar refractivity (Wildman–Crippen MR) is 59.2 cm³/mol. The SMILES string of the molecule is CCN1C(=O)CC=CN1C(=O)OC(C)(C)C.